The monoisotopic (exact) mass is 504 g/mol. The summed E-state index contributed by atoms with van der Waals surface area (Å²) in [6.45, 7) is 7.02. The van der Waals surface area contributed by atoms with Crippen molar-refractivity contribution in [2.24, 2.45) is 5.41 Å². The van der Waals surface area contributed by atoms with Crippen molar-refractivity contribution in [3.63, 3.8) is 0 Å². The summed E-state index contributed by atoms with van der Waals surface area (Å²) in [4.78, 5) is 0. The number of hydrogen-bond donors (Lipinski definition) is 0. The fourth-order valence-corrected chi connectivity index (χ4v) is 6.57. The van der Waals surface area contributed by atoms with Crippen LogP contribution in [0.25, 0.3) is 0 Å². The van der Waals surface area contributed by atoms with E-state index in [0.717, 1.165) is 0 Å². The van der Waals surface area contributed by atoms with E-state index >= 15 is 0 Å². The number of rotatable bonds is 23. The van der Waals surface area contributed by atoms with E-state index in [1.807, 2.05) is 0 Å². The maximum Gasteiger partial charge on any atom is 0.0146 e. The Labute approximate surface area is 232 Å². The number of unbranched alkanes of at least 4 members (excludes halogenated alkanes) is 14. The van der Waals surface area contributed by atoms with Crippen LogP contribution in [0.15, 0.2) is 60.7 Å². The van der Waals surface area contributed by atoms with Gasteiger partial charge in [-0.1, -0.05) is 191 Å². The van der Waals surface area contributed by atoms with Crippen LogP contribution in [0.2, 0.25) is 0 Å². The van der Waals surface area contributed by atoms with Gasteiger partial charge in [0.2, 0.25) is 0 Å². The van der Waals surface area contributed by atoms with Gasteiger partial charge in [0.1, 0.15) is 0 Å². The molecule has 0 aromatic heterocycles. The number of benzene rings is 2. The lowest BCUT2D eigenvalue weighted by molar-refractivity contribution is 0.167. The Morgan fingerprint density at radius 1 is 0.405 bits per heavy atom. The Hall–Kier alpha value is -1.56. The fourth-order valence-electron chi connectivity index (χ4n) is 6.57. The summed E-state index contributed by atoms with van der Waals surface area (Å²) in [6.07, 6.45) is 27.9. The normalized spacial score (nSPS) is 13.2. The predicted molar refractivity (Wildman–Crippen MR) is 167 cm³/mol. The summed E-state index contributed by atoms with van der Waals surface area (Å²) in [7, 11) is 0. The van der Waals surface area contributed by atoms with E-state index in [0.29, 0.717) is 11.3 Å². The highest BCUT2D eigenvalue weighted by atomic mass is 14.4. The van der Waals surface area contributed by atoms with Crippen molar-refractivity contribution in [2.45, 2.75) is 155 Å². The Bertz CT molecular complexity index is 709. The van der Waals surface area contributed by atoms with Gasteiger partial charge in [-0.25, -0.2) is 0 Å². The van der Waals surface area contributed by atoms with E-state index < -0.39 is 0 Å². The van der Waals surface area contributed by atoms with Gasteiger partial charge in [0.05, 0.1) is 0 Å². The zero-order chi connectivity index (χ0) is 26.4. The predicted octanol–water partition coefficient (Wildman–Crippen LogP) is 12.7. The molecule has 0 amide bonds. The van der Waals surface area contributed by atoms with Crippen molar-refractivity contribution in [3.8, 4) is 0 Å². The van der Waals surface area contributed by atoms with Gasteiger partial charge in [-0.2, -0.15) is 0 Å². The highest BCUT2D eigenvalue weighted by Gasteiger charge is 2.39. The smallest absolute Gasteiger partial charge is 0.0146 e. The lowest BCUT2D eigenvalue weighted by Crippen LogP contribution is -2.30. The second-order valence-corrected chi connectivity index (χ2v) is 11.8. The Balaban J connectivity index is 2.21. The van der Waals surface area contributed by atoms with Gasteiger partial charge in [-0.05, 0) is 35.8 Å². The van der Waals surface area contributed by atoms with E-state index in [4.69, 9.17) is 0 Å². The maximum absolute atomic E-state index is 2.41. The van der Waals surface area contributed by atoms with Crippen molar-refractivity contribution in [3.05, 3.63) is 71.8 Å². The molecule has 1 unspecified atom stereocenters. The van der Waals surface area contributed by atoms with E-state index in [2.05, 4.69) is 81.4 Å². The van der Waals surface area contributed by atoms with Gasteiger partial charge < -0.3 is 0 Å². The van der Waals surface area contributed by atoms with Crippen LogP contribution < -0.4 is 0 Å². The van der Waals surface area contributed by atoms with Crippen molar-refractivity contribution in [2.75, 3.05) is 0 Å². The van der Waals surface area contributed by atoms with Crippen LogP contribution in [-0.4, -0.2) is 0 Å². The lowest BCUT2D eigenvalue weighted by atomic mass is 9.61. The highest BCUT2D eigenvalue weighted by molar-refractivity contribution is 5.35. The molecule has 0 nitrogen and oxygen atoms in total. The Morgan fingerprint density at radius 2 is 0.730 bits per heavy atom. The summed E-state index contributed by atoms with van der Waals surface area (Å²) in [5, 5.41) is 0. The zero-order valence-electron chi connectivity index (χ0n) is 25.0. The van der Waals surface area contributed by atoms with E-state index in [1.165, 1.54) is 140 Å². The third kappa shape index (κ3) is 12.2. The zero-order valence-corrected chi connectivity index (χ0v) is 25.0. The molecule has 0 bridgehead atoms. The van der Waals surface area contributed by atoms with Gasteiger partial charge >= 0.3 is 0 Å². The minimum Gasteiger partial charge on any atom is -0.0654 e. The molecule has 0 N–H and O–H groups in total. The molecule has 0 aliphatic carbocycles. The van der Waals surface area contributed by atoms with E-state index in [9.17, 15) is 0 Å². The summed E-state index contributed by atoms with van der Waals surface area (Å²) in [6, 6.07) is 23.1. The number of hydrogen-bond acceptors (Lipinski definition) is 0. The standard InChI is InChI=1S/C37H60/c1-4-7-10-12-14-16-18-26-33-37(31-9-6-3,32-25-17-15-13-11-8-5-2)36(34-27-21-19-22-28-34)35-29-23-20-24-30-35/h19-24,27-30,36H,4-18,25-26,31-33H2,1-3H3. The molecule has 2 aromatic rings. The molecule has 0 radical (unpaired) electrons. The van der Waals surface area contributed by atoms with Crippen LogP contribution in [-0.2, 0) is 0 Å². The summed E-state index contributed by atoms with van der Waals surface area (Å²) in [5.41, 5.74) is 3.43. The molecular formula is C37H60. The molecular weight excluding hydrogens is 444 g/mol. The quantitative estimate of drug-likeness (QED) is 0.132. The van der Waals surface area contributed by atoms with Crippen LogP contribution in [0.5, 0.6) is 0 Å². The third-order valence-electron chi connectivity index (χ3n) is 8.71. The molecule has 0 fully saturated rings. The molecule has 37 heavy (non-hydrogen) atoms. The first kappa shape index (κ1) is 31.7. The molecule has 2 rings (SSSR count). The summed E-state index contributed by atoms with van der Waals surface area (Å²) in [5.74, 6) is 0.506. The molecule has 0 aliphatic rings. The molecule has 0 saturated carbocycles. The van der Waals surface area contributed by atoms with Gasteiger partial charge in [0, 0.05) is 5.92 Å². The molecule has 208 valence electrons. The minimum absolute atomic E-state index is 0.365. The van der Waals surface area contributed by atoms with Crippen LogP contribution in [0.1, 0.15) is 166 Å². The summed E-state index contributed by atoms with van der Waals surface area (Å²) < 4.78 is 0. The Morgan fingerprint density at radius 3 is 1.11 bits per heavy atom. The average molecular weight is 505 g/mol. The fraction of sp³-hybridized carbons (Fsp3) is 0.676. The van der Waals surface area contributed by atoms with Crippen molar-refractivity contribution >= 4 is 0 Å². The molecule has 0 aliphatic heterocycles. The third-order valence-corrected chi connectivity index (χ3v) is 8.71. The molecule has 2 aromatic carbocycles. The average Bonchev–Trinajstić information content (AvgIpc) is 2.94. The molecule has 1 atom stereocenters. The van der Waals surface area contributed by atoms with Gasteiger partial charge in [0.15, 0.2) is 0 Å². The maximum atomic E-state index is 2.41. The largest absolute Gasteiger partial charge is 0.0654 e. The van der Waals surface area contributed by atoms with Gasteiger partial charge in [0.25, 0.3) is 0 Å². The first-order valence-corrected chi connectivity index (χ1v) is 16.4. The topological polar surface area (TPSA) is 0 Å². The second kappa shape index (κ2) is 20.4. The van der Waals surface area contributed by atoms with Crippen molar-refractivity contribution in [1.82, 2.24) is 0 Å². The highest BCUT2D eigenvalue weighted by Crippen LogP contribution is 2.51. The molecule has 0 saturated heterocycles. The lowest BCUT2D eigenvalue weighted by Gasteiger charge is -2.43. The van der Waals surface area contributed by atoms with E-state index in [1.54, 1.807) is 0 Å². The molecule has 0 heterocycles. The molecule has 0 heteroatoms. The van der Waals surface area contributed by atoms with E-state index in [-0.39, 0.29) is 0 Å². The van der Waals surface area contributed by atoms with Gasteiger partial charge in [-0.15, -0.1) is 0 Å². The first-order valence-electron chi connectivity index (χ1n) is 16.4. The van der Waals surface area contributed by atoms with Crippen LogP contribution >= 0.6 is 0 Å². The molecule has 0 spiro atoms. The van der Waals surface area contributed by atoms with Crippen LogP contribution in [0.4, 0.5) is 0 Å². The summed E-state index contributed by atoms with van der Waals surface area (Å²) >= 11 is 0. The van der Waals surface area contributed by atoms with Crippen LogP contribution in [0.3, 0.4) is 0 Å². The second-order valence-electron chi connectivity index (χ2n) is 11.8. The van der Waals surface area contributed by atoms with Gasteiger partial charge in [-0.3, -0.25) is 0 Å². The minimum atomic E-state index is 0.365. The SMILES string of the molecule is CCCCCCCCCCC(CCCC)(CCCCCCCCC)C(c1ccccc1)c1ccccc1. The first-order chi connectivity index (χ1) is 18.3. The van der Waals surface area contributed by atoms with Crippen molar-refractivity contribution < 1.29 is 0 Å². The van der Waals surface area contributed by atoms with Crippen LogP contribution in [0, 0.1) is 5.41 Å². The van der Waals surface area contributed by atoms with Crippen molar-refractivity contribution in [1.29, 1.82) is 0 Å². The Kier molecular flexibility index (Phi) is 17.5.